The fraction of sp³-hybridized carbons (Fsp3) is 0.650. The Balaban J connectivity index is 1.46. The van der Waals surface area contributed by atoms with Crippen LogP contribution in [0, 0.1) is 11.3 Å². The van der Waals surface area contributed by atoms with Crippen molar-refractivity contribution in [3.63, 3.8) is 0 Å². The second-order valence-corrected chi connectivity index (χ2v) is 8.40. The summed E-state index contributed by atoms with van der Waals surface area (Å²) in [4.78, 5) is 14.7. The molecule has 2 aliphatic carbocycles. The maximum atomic E-state index is 13.1. The van der Waals surface area contributed by atoms with Crippen LogP contribution in [0.5, 0.6) is 0 Å². The number of benzene rings is 1. The van der Waals surface area contributed by atoms with Crippen LogP contribution in [0.3, 0.4) is 0 Å². The number of aliphatic hydroxyl groups is 2. The van der Waals surface area contributed by atoms with Crippen LogP contribution in [0.15, 0.2) is 24.3 Å². The van der Waals surface area contributed by atoms with Crippen molar-refractivity contribution < 1.29 is 28.2 Å². The van der Waals surface area contributed by atoms with E-state index in [1.165, 1.54) is 24.3 Å². The Hall–Kier alpha value is -1.60. The van der Waals surface area contributed by atoms with Gasteiger partial charge in [0.15, 0.2) is 6.10 Å². The highest BCUT2D eigenvalue weighted by Crippen LogP contribution is 2.54. The van der Waals surface area contributed by atoms with Crippen LogP contribution < -0.4 is 4.90 Å². The minimum absolute atomic E-state index is 0.00414. The first kappa shape index (κ1) is 18.7. The van der Waals surface area contributed by atoms with Gasteiger partial charge in [-0.15, -0.1) is 0 Å². The summed E-state index contributed by atoms with van der Waals surface area (Å²) < 4.78 is 37.9. The molecule has 7 heteroatoms. The standard InChI is InChI=1S/C20H24F3NO3/c21-20(22,23)16(25)13-1-5-15(6-2-13)24-12-11-18(17(24)26)7-9-19(27,10-8-18)14-3-4-14/h1-2,5-6,14,16,25,27H,3-4,7-12H2. The molecular weight excluding hydrogens is 359 g/mol. The summed E-state index contributed by atoms with van der Waals surface area (Å²) in [6.07, 6.45) is -1.76. The van der Waals surface area contributed by atoms with E-state index in [1.54, 1.807) is 4.90 Å². The molecule has 2 saturated carbocycles. The van der Waals surface area contributed by atoms with Crippen molar-refractivity contribution in [3.8, 4) is 0 Å². The Morgan fingerprint density at radius 1 is 1.04 bits per heavy atom. The molecule has 1 unspecified atom stereocenters. The van der Waals surface area contributed by atoms with Crippen molar-refractivity contribution in [1.82, 2.24) is 0 Å². The summed E-state index contributed by atoms with van der Waals surface area (Å²) in [6.45, 7) is 0.530. The lowest BCUT2D eigenvalue weighted by atomic mass is 9.66. The van der Waals surface area contributed by atoms with E-state index in [-0.39, 0.29) is 11.5 Å². The fourth-order valence-electron chi connectivity index (χ4n) is 4.75. The molecule has 1 saturated heterocycles. The average Bonchev–Trinajstić information content (AvgIpc) is 3.44. The van der Waals surface area contributed by atoms with Crippen LogP contribution in [-0.2, 0) is 4.79 Å². The minimum Gasteiger partial charge on any atom is -0.390 e. The molecule has 4 rings (SSSR count). The molecule has 0 aromatic heterocycles. The summed E-state index contributed by atoms with van der Waals surface area (Å²) in [7, 11) is 0. The van der Waals surface area contributed by atoms with E-state index in [0.29, 0.717) is 50.3 Å². The Kier molecular flexibility index (Phi) is 4.31. The topological polar surface area (TPSA) is 60.8 Å². The van der Waals surface area contributed by atoms with E-state index in [2.05, 4.69) is 0 Å². The number of aliphatic hydroxyl groups excluding tert-OH is 1. The van der Waals surface area contributed by atoms with Crippen LogP contribution in [0.2, 0.25) is 0 Å². The highest BCUT2D eigenvalue weighted by molar-refractivity contribution is 6.00. The van der Waals surface area contributed by atoms with Crippen LogP contribution >= 0.6 is 0 Å². The predicted molar refractivity (Wildman–Crippen MR) is 93.0 cm³/mol. The second kappa shape index (κ2) is 6.21. The van der Waals surface area contributed by atoms with Crippen LogP contribution in [0.25, 0.3) is 0 Å². The van der Waals surface area contributed by atoms with Gasteiger partial charge in [-0.1, -0.05) is 12.1 Å². The van der Waals surface area contributed by atoms with Crippen molar-refractivity contribution >= 4 is 11.6 Å². The Morgan fingerprint density at radius 2 is 1.63 bits per heavy atom. The maximum absolute atomic E-state index is 13.1. The molecular formula is C20H24F3NO3. The van der Waals surface area contributed by atoms with Gasteiger partial charge in [0, 0.05) is 12.2 Å². The van der Waals surface area contributed by atoms with Crippen LogP contribution in [-0.4, -0.2) is 34.4 Å². The van der Waals surface area contributed by atoms with Crippen molar-refractivity contribution in [2.24, 2.45) is 11.3 Å². The zero-order chi connectivity index (χ0) is 19.4. The molecule has 27 heavy (non-hydrogen) atoms. The SMILES string of the molecule is O=C1N(c2ccc(C(O)C(F)(F)F)cc2)CCC12CCC(O)(C1CC1)CC2. The quantitative estimate of drug-likeness (QED) is 0.836. The smallest absolute Gasteiger partial charge is 0.390 e. The molecule has 1 heterocycles. The maximum Gasteiger partial charge on any atom is 0.418 e. The summed E-state index contributed by atoms with van der Waals surface area (Å²) in [5.74, 6) is 0.388. The van der Waals surface area contributed by atoms with Gasteiger partial charge in [0.25, 0.3) is 0 Å². The molecule has 2 N–H and O–H groups in total. The lowest BCUT2D eigenvalue weighted by molar-refractivity contribution is -0.206. The third-order valence-corrected chi connectivity index (χ3v) is 6.75. The molecule has 1 aliphatic heterocycles. The molecule has 3 aliphatic rings. The van der Waals surface area contributed by atoms with E-state index in [4.69, 9.17) is 0 Å². The van der Waals surface area contributed by atoms with E-state index >= 15 is 0 Å². The molecule has 1 amide bonds. The lowest BCUT2D eigenvalue weighted by Crippen LogP contribution is -2.44. The van der Waals surface area contributed by atoms with Gasteiger partial charge in [-0.25, -0.2) is 0 Å². The van der Waals surface area contributed by atoms with Crippen molar-refractivity contribution in [2.75, 3.05) is 11.4 Å². The largest absolute Gasteiger partial charge is 0.418 e. The minimum atomic E-state index is -4.71. The fourth-order valence-corrected chi connectivity index (χ4v) is 4.75. The van der Waals surface area contributed by atoms with Gasteiger partial charge in [0.1, 0.15) is 0 Å². The van der Waals surface area contributed by atoms with Crippen molar-refractivity contribution in [3.05, 3.63) is 29.8 Å². The number of carbonyl (C=O) groups excluding carboxylic acids is 1. The number of rotatable bonds is 3. The Morgan fingerprint density at radius 3 is 2.15 bits per heavy atom. The molecule has 0 bridgehead atoms. The van der Waals surface area contributed by atoms with Gasteiger partial charge in [-0.2, -0.15) is 13.2 Å². The number of hydrogen-bond acceptors (Lipinski definition) is 3. The summed E-state index contributed by atoms with van der Waals surface area (Å²) in [5.41, 5.74) is -0.752. The second-order valence-electron chi connectivity index (χ2n) is 8.40. The zero-order valence-electron chi connectivity index (χ0n) is 15.0. The Bertz CT molecular complexity index is 719. The number of amides is 1. The number of hydrogen-bond donors (Lipinski definition) is 2. The first-order chi connectivity index (χ1) is 12.6. The van der Waals surface area contributed by atoms with Crippen molar-refractivity contribution in [1.29, 1.82) is 0 Å². The monoisotopic (exact) mass is 383 g/mol. The van der Waals surface area contributed by atoms with E-state index < -0.39 is 23.3 Å². The number of anilines is 1. The lowest BCUT2D eigenvalue weighted by Gasteiger charge is -2.41. The zero-order valence-corrected chi connectivity index (χ0v) is 15.0. The van der Waals surface area contributed by atoms with E-state index in [9.17, 15) is 28.2 Å². The van der Waals surface area contributed by atoms with Gasteiger partial charge < -0.3 is 15.1 Å². The highest BCUT2D eigenvalue weighted by Gasteiger charge is 2.54. The van der Waals surface area contributed by atoms with Crippen LogP contribution in [0.4, 0.5) is 18.9 Å². The van der Waals surface area contributed by atoms with Crippen molar-refractivity contribution in [2.45, 2.75) is 62.8 Å². The first-order valence-corrected chi connectivity index (χ1v) is 9.54. The number of nitrogens with zero attached hydrogens (tertiary/aromatic N) is 1. The molecule has 0 radical (unpaired) electrons. The van der Waals surface area contributed by atoms with E-state index in [0.717, 1.165) is 12.8 Å². The molecule has 1 spiro atoms. The van der Waals surface area contributed by atoms with Gasteiger partial charge in [0.05, 0.1) is 11.0 Å². The number of carbonyl (C=O) groups is 1. The molecule has 3 fully saturated rings. The average molecular weight is 383 g/mol. The predicted octanol–water partition coefficient (Wildman–Crippen LogP) is 3.72. The Labute approximate surface area is 156 Å². The van der Waals surface area contributed by atoms with E-state index in [1.807, 2.05) is 0 Å². The normalized spacial score (nSPS) is 32.9. The molecule has 1 atom stereocenters. The third kappa shape index (κ3) is 3.25. The molecule has 1 aromatic carbocycles. The van der Waals surface area contributed by atoms with Crippen LogP contribution in [0.1, 0.15) is 56.6 Å². The third-order valence-electron chi connectivity index (χ3n) is 6.75. The van der Waals surface area contributed by atoms with Gasteiger partial charge in [0.2, 0.25) is 5.91 Å². The summed E-state index contributed by atoms with van der Waals surface area (Å²) in [5, 5.41) is 20.1. The number of halogens is 3. The van der Waals surface area contributed by atoms with Gasteiger partial charge in [-0.3, -0.25) is 4.79 Å². The first-order valence-electron chi connectivity index (χ1n) is 9.54. The molecule has 4 nitrogen and oxygen atoms in total. The van der Waals surface area contributed by atoms with Gasteiger partial charge >= 0.3 is 6.18 Å². The van der Waals surface area contributed by atoms with Gasteiger partial charge in [-0.05, 0) is 68.6 Å². The number of alkyl halides is 3. The molecule has 1 aromatic rings. The summed E-state index contributed by atoms with van der Waals surface area (Å²) in [6, 6.07) is 5.37. The summed E-state index contributed by atoms with van der Waals surface area (Å²) >= 11 is 0. The molecule has 148 valence electrons. The highest BCUT2D eigenvalue weighted by atomic mass is 19.4.